The second-order valence-corrected chi connectivity index (χ2v) is 5.88. The summed E-state index contributed by atoms with van der Waals surface area (Å²) in [5.74, 6) is 0. The summed E-state index contributed by atoms with van der Waals surface area (Å²) in [6, 6.07) is 3.39. The fraction of sp³-hybridized carbons (Fsp3) is 0.923. The van der Waals surface area contributed by atoms with Gasteiger partial charge in [-0.05, 0) is 47.8 Å². The van der Waals surface area contributed by atoms with Gasteiger partial charge in [0.05, 0.1) is 6.07 Å². The molecule has 1 heterocycles. The number of likely N-dealkylation sites (N-methyl/N-ethyl adjacent to an activating group) is 1. The molecule has 0 spiro atoms. The Kier molecular flexibility index (Phi) is 4.93. The van der Waals surface area contributed by atoms with E-state index in [0.29, 0.717) is 12.1 Å². The highest BCUT2D eigenvalue weighted by atomic mass is 15.2. The van der Waals surface area contributed by atoms with Gasteiger partial charge in [0.15, 0.2) is 0 Å². The molecule has 1 N–H and O–H groups in total. The number of hydrogen-bond acceptors (Lipinski definition) is 4. The van der Waals surface area contributed by atoms with E-state index in [1.807, 2.05) is 6.92 Å². The Morgan fingerprint density at radius 3 is 2.59 bits per heavy atom. The predicted octanol–water partition coefficient (Wildman–Crippen LogP) is 0.903. The molecule has 1 aliphatic rings. The summed E-state index contributed by atoms with van der Waals surface area (Å²) < 4.78 is 0. The van der Waals surface area contributed by atoms with Crippen molar-refractivity contribution in [2.75, 3.05) is 33.7 Å². The average molecular weight is 238 g/mol. The van der Waals surface area contributed by atoms with E-state index in [1.54, 1.807) is 0 Å². The zero-order chi connectivity index (χ0) is 13.1. The maximum Gasteiger partial charge on any atom is 0.116 e. The number of likely N-dealkylation sites (tertiary alicyclic amines) is 1. The first-order chi connectivity index (χ1) is 7.86. The molecule has 1 fully saturated rings. The van der Waals surface area contributed by atoms with E-state index in [0.717, 1.165) is 19.6 Å². The number of rotatable bonds is 5. The van der Waals surface area contributed by atoms with Crippen LogP contribution in [0.15, 0.2) is 0 Å². The topological polar surface area (TPSA) is 42.3 Å². The van der Waals surface area contributed by atoms with Gasteiger partial charge in [-0.1, -0.05) is 0 Å². The fourth-order valence-corrected chi connectivity index (χ4v) is 2.57. The molecule has 0 aromatic carbocycles. The second kappa shape index (κ2) is 5.81. The quantitative estimate of drug-likeness (QED) is 0.773. The van der Waals surface area contributed by atoms with Crippen LogP contribution in [0, 0.1) is 11.3 Å². The first kappa shape index (κ1) is 14.4. The predicted molar refractivity (Wildman–Crippen MR) is 70.8 cm³/mol. The maximum atomic E-state index is 9.32. The van der Waals surface area contributed by atoms with E-state index in [4.69, 9.17) is 0 Å². The lowest BCUT2D eigenvalue weighted by atomic mass is 10.0. The van der Waals surface area contributed by atoms with E-state index in [-0.39, 0.29) is 0 Å². The highest BCUT2D eigenvalue weighted by Gasteiger charge is 2.32. The van der Waals surface area contributed by atoms with Crippen molar-refractivity contribution < 1.29 is 0 Å². The monoisotopic (exact) mass is 238 g/mol. The van der Waals surface area contributed by atoms with Crippen LogP contribution in [0.5, 0.6) is 0 Å². The lowest BCUT2D eigenvalue weighted by Gasteiger charge is -2.31. The zero-order valence-electron chi connectivity index (χ0n) is 11.8. The number of nitriles is 1. The molecule has 0 radical (unpaired) electrons. The summed E-state index contributed by atoms with van der Waals surface area (Å²) in [5.41, 5.74) is -0.435. The standard InChI is InChI=1S/C13H26N4/c1-11(2)15-13(3,9-14)10-17-7-6-12(8-17)16(4)5/h11-12,15H,6-8,10H2,1-5H3. The largest absolute Gasteiger partial charge is 0.305 e. The van der Waals surface area contributed by atoms with Crippen LogP contribution in [0.4, 0.5) is 0 Å². The molecule has 1 saturated heterocycles. The van der Waals surface area contributed by atoms with Crippen LogP contribution in [-0.2, 0) is 0 Å². The molecule has 0 aromatic rings. The van der Waals surface area contributed by atoms with Crippen molar-refractivity contribution in [1.82, 2.24) is 15.1 Å². The lowest BCUT2D eigenvalue weighted by Crippen LogP contribution is -2.52. The van der Waals surface area contributed by atoms with Crippen molar-refractivity contribution in [1.29, 1.82) is 5.26 Å². The molecule has 4 heteroatoms. The third-order valence-electron chi connectivity index (χ3n) is 3.37. The van der Waals surface area contributed by atoms with Gasteiger partial charge < -0.3 is 4.90 Å². The van der Waals surface area contributed by atoms with Gasteiger partial charge >= 0.3 is 0 Å². The smallest absolute Gasteiger partial charge is 0.116 e. The van der Waals surface area contributed by atoms with Crippen molar-refractivity contribution in [2.24, 2.45) is 0 Å². The molecule has 0 saturated carbocycles. The minimum absolute atomic E-state index is 0.340. The first-order valence-corrected chi connectivity index (χ1v) is 6.44. The summed E-state index contributed by atoms with van der Waals surface area (Å²) in [7, 11) is 4.26. The van der Waals surface area contributed by atoms with Crippen molar-refractivity contribution in [3.8, 4) is 6.07 Å². The van der Waals surface area contributed by atoms with Gasteiger partial charge in [-0.15, -0.1) is 0 Å². The Labute approximate surface area is 106 Å². The van der Waals surface area contributed by atoms with Crippen LogP contribution < -0.4 is 5.32 Å². The van der Waals surface area contributed by atoms with E-state index in [1.165, 1.54) is 6.42 Å². The van der Waals surface area contributed by atoms with Crippen LogP contribution >= 0.6 is 0 Å². The van der Waals surface area contributed by atoms with Gasteiger partial charge in [0.1, 0.15) is 5.54 Å². The molecule has 2 unspecified atom stereocenters. The molecule has 0 amide bonds. The number of nitrogens with one attached hydrogen (secondary N) is 1. The number of hydrogen-bond donors (Lipinski definition) is 1. The zero-order valence-corrected chi connectivity index (χ0v) is 11.8. The molecular formula is C13H26N4. The summed E-state index contributed by atoms with van der Waals surface area (Å²) in [6.45, 7) is 9.15. The van der Waals surface area contributed by atoms with Crippen molar-refractivity contribution in [3.63, 3.8) is 0 Å². The van der Waals surface area contributed by atoms with Crippen molar-refractivity contribution >= 4 is 0 Å². The third kappa shape index (κ3) is 4.27. The first-order valence-electron chi connectivity index (χ1n) is 6.44. The Bertz CT molecular complexity index is 282. The molecule has 4 nitrogen and oxygen atoms in total. The van der Waals surface area contributed by atoms with Gasteiger partial charge in [-0.2, -0.15) is 5.26 Å². The Morgan fingerprint density at radius 1 is 1.53 bits per heavy atom. The van der Waals surface area contributed by atoms with Crippen LogP contribution in [0.1, 0.15) is 27.2 Å². The minimum atomic E-state index is -0.435. The van der Waals surface area contributed by atoms with Crippen LogP contribution in [0.25, 0.3) is 0 Å². The van der Waals surface area contributed by atoms with E-state index >= 15 is 0 Å². The van der Waals surface area contributed by atoms with E-state index in [9.17, 15) is 5.26 Å². The highest BCUT2D eigenvalue weighted by Crippen LogP contribution is 2.16. The minimum Gasteiger partial charge on any atom is -0.305 e. The van der Waals surface area contributed by atoms with Crippen LogP contribution in [0.2, 0.25) is 0 Å². The molecule has 1 rings (SSSR count). The molecule has 2 atom stereocenters. The molecular weight excluding hydrogens is 212 g/mol. The second-order valence-electron chi connectivity index (χ2n) is 5.88. The Morgan fingerprint density at radius 2 is 2.18 bits per heavy atom. The van der Waals surface area contributed by atoms with Crippen LogP contribution in [0.3, 0.4) is 0 Å². The van der Waals surface area contributed by atoms with E-state index in [2.05, 4.69) is 49.1 Å². The van der Waals surface area contributed by atoms with Gasteiger partial charge in [0.25, 0.3) is 0 Å². The van der Waals surface area contributed by atoms with Gasteiger partial charge in [-0.25, -0.2) is 0 Å². The number of nitrogens with zero attached hydrogens (tertiary/aromatic N) is 3. The average Bonchev–Trinajstić information content (AvgIpc) is 2.65. The maximum absolute atomic E-state index is 9.32. The Balaban J connectivity index is 2.51. The van der Waals surface area contributed by atoms with Gasteiger partial charge in [-0.3, -0.25) is 10.2 Å². The molecule has 17 heavy (non-hydrogen) atoms. The normalized spacial score (nSPS) is 25.2. The summed E-state index contributed by atoms with van der Waals surface area (Å²) in [6.07, 6.45) is 1.20. The lowest BCUT2D eigenvalue weighted by molar-refractivity contribution is 0.227. The van der Waals surface area contributed by atoms with Gasteiger partial charge in [0.2, 0.25) is 0 Å². The molecule has 98 valence electrons. The molecule has 0 aromatic heterocycles. The summed E-state index contributed by atoms with van der Waals surface area (Å²) in [5, 5.41) is 12.7. The Hall–Kier alpha value is -0.630. The fourth-order valence-electron chi connectivity index (χ4n) is 2.57. The van der Waals surface area contributed by atoms with Crippen molar-refractivity contribution in [3.05, 3.63) is 0 Å². The third-order valence-corrected chi connectivity index (χ3v) is 3.37. The SMILES string of the molecule is CC(C)NC(C)(C#N)CN1CCC(N(C)C)C1. The molecule has 0 aliphatic carbocycles. The molecule has 0 bridgehead atoms. The van der Waals surface area contributed by atoms with Crippen LogP contribution in [-0.4, -0.2) is 61.2 Å². The molecule has 1 aliphatic heterocycles. The summed E-state index contributed by atoms with van der Waals surface area (Å²) in [4.78, 5) is 4.67. The van der Waals surface area contributed by atoms with Gasteiger partial charge in [0, 0.05) is 25.2 Å². The van der Waals surface area contributed by atoms with Crippen molar-refractivity contribution in [2.45, 2.75) is 44.8 Å². The summed E-state index contributed by atoms with van der Waals surface area (Å²) >= 11 is 0. The van der Waals surface area contributed by atoms with E-state index < -0.39 is 5.54 Å². The highest BCUT2D eigenvalue weighted by molar-refractivity contribution is 5.07.